The van der Waals surface area contributed by atoms with Crippen LogP contribution in [0.2, 0.25) is 0 Å². The van der Waals surface area contributed by atoms with Gasteiger partial charge in [-0.1, -0.05) is 30.3 Å². The summed E-state index contributed by atoms with van der Waals surface area (Å²) in [6.45, 7) is 10.6. The summed E-state index contributed by atoms with van der Waals surface area (Å²) in [7, 11) is 0. The predicted octanol–water partition coefficient (Wildman–Crippen LogP) is 5.07. The maximum absolute atomic E-state index is 12.1. The van der Waals surface area contributed by atoms with Gasteiger partial charge in [0.25, 0.3) is 0 Å². The van der Waals surface area contributed by atoms with E-state index in [2.05, 4.69) is 17.4 Å². The normalized spacial score (nSPS) is 21.6. The van der Waals surface area contributed by atoms with E-state index in [1.165, 1.54) is 5.56 Å². The second-order valence-electron chi connectivity index (χ2n) is 8.64. The molecular weight excluding hydrogens is 314 g/mol. The second kappa shape index (κ2) is 8.22. The molecule has 140 valence electrons. The van der Waals surface area contributed by atoms with Gasteiger partial charge in [0.15, 0.2) is 0 Å². The van der Waals surface area contributed by atoms with E-state index < -0.39 is 5.60 Å². The minimum Gasteiger partial charge on any atom is -0.443 e. The summed E-state index contributed by atoms with van der Waals surface area (Å²) in [6, 6.07) is 10.3. The Balaban J connectivity index is 1.77. The van der Waals surface area contributed by atoms with Gasteiger partial charge in [-0.05, 0) is 71.8 Å². The number of carbonyl (C=O) groups is 1. The van der Waals surface area contributed by atoms with Crippen LogP contribution in [0.15, 0.2) is 30.3 Å². The van der Waals surface area contributed by atoms with Gasteiger partial charge in [-0.3, -0.25) is 0 Å². The predicted molar refractivity (Wildman–Crippen MR) is 100 cm³/mol. The Morgan fingerprint density at radius 2 is 1.64 bits per heavy atom. The van der Waals surface area contributed by atoms with E-state index in [9.17, 15) is 4.79 Å². The summed E-state index contributed by atoms with van der Waals surface area (Å²) in [5, 5.41) is 2.88. The van der Waals surface area contributed by atoms with Crippen molar-refractivity contribution in [3.05, 3.63) is 35.9 Å². The highest BCUT2D eigenvalue weighted by Gasteiger charge is 2.37. The lowest BCUT2D eigenvalue weighted by atomic mass is 9.77. The molecule has 1 aliphatic rings. The molecule has 0 saturated heterocycles. The van der Waals surface area contributed by atoms with Crippen LogP contribution in [-0.2, 0) is 16.1 Å². The van der Waals surface area contributed by atoms with Crippen LogP contribution >= 0.6 is 0 Å². The first-order valence-corrected chi connectivity index (χ1v) is 9.32. The Morgan fingerprint density at radius 3 is 2.20 bits per heavy atom. The van der Waals surface area contributed by atoms with Crippen LogP contribution in [0.3, 0.4) is 0 Å². The number of rotatable bonds is 5. The maximum Gasteiger partial charge on any atom is 0.408 e. The maximum atomic E-state index is 12.1. The van der Waals surface area contributed by atoms with E-state index in [1.807, 2.05) is 52.8 Å². The van der Waals surface area contributed by atoms with Gasteiger partial charge in [-0.25, -0.2) is 4.79 Å². The van der Waals surface area contributed by atoms with E-state index in [0.717, 1.165) is 25.7 Å². The molecule has 0 aromatic heterocycles. The summed E-state index contributed by atoms with van der Waals surface area (Å²) < 4.78 is 11.8. The molecule has 4 nitrogen and oxygen atoms in total. The lowest BCUT2D eigenvalue weighted by molar-refractivity contribution is -0.0515. The largest absolute Gasteiger partial charge is 0.443 e. The Hall–Kier alpha value is -1.55. The molecule has 0 unspecified atom stereocenters. The Bertz CT molecular complexity index is 540. The molecule has 0 radical (unpaired) electrons. The number of benzene rings is 1. The average molecular weight is 347 g/mol. The average Bonchev–Trinajstić information content (AvgIpc) is 2.52. The van der Waals surface area contributed by atoms with Crippen LogP contribution in [0.4, 0.5) is 4.79 Å². The van der Waals surface area contributed by atoms with Gasteiger partial charge < -0.3 is 14.8 Å². The summed E-state index contributed by atoms with van der Waals surface area (Å²) in [4.78, 5) is 12.1. The molecule has 0 heterocycles. The molecule has 0 aliphatic heterocycles. The van der Waals surface area contributed by atoms with E-state index in [1.54, 1.807) is 0 Å². The van der Waals surface area contributed by atoms with Crippen molar-refractivity contribution in [2.75, 3.05) is 0 Å². The van der Waals surface area contributed by atoms with Crippen LogP contribution in [-0.4, -0.2) is 23.3 Å². The molecule has 1 aromatic carbocycles. The molecule has 1 fully saturated rings. The fourth-order valence-corrected chi connectivity index (χ4v) is 3.37. The molecular formula is C21H33NO3. The highest BCUT2D eigenvalue weighted by atomic mass is 16.6. The zero-order valence-electron chi connectivity index (χ0n) is 16.3. The minimum absolute atomic E-state index is 0.282. The number of hydrogen-bond donors (Lipinski definition) is 1. The molecule has 1 saturated carbocycles. The van der Waals surface area contributed by atoms with Crippen LogP contribution < -0.4 is 5.32 Å². The topological polar surface area (TPSA) is 47.6 Å². The van der Waals surface area contributed by atoms with Gasteiger partial charge >= 0.3 is 6.09 Å². The highest BCUT2D eigenvalue weighted by molar-refractivity contribution is 5.68. The molecule has 1 aliphatic carbocycles. The summed E-state index contributed by atoms with van der Waals surface area (Å²) >= 11 is 0. The number of nitrogens with one attached hydrogen (secondary N) is 1. The number of alkyl carbamates (subject to hydrolysis) is 1. The molecule has 25 heavy (non-hydrogen) atoms. The molecule has 0 spiro atoms. The lowest BCUT2D eigenvalue weighted by Crippen LogP contribution is -2.47. The van der Waals surface area contributed by atoms with Crippen LogP contribution in [0, 0.1) is 5.92 Å². The third kappa shape index (κ3) is 6.69. The van der Waals surface area contributed by atoms with Crippen LogP contribution in [0.5, 0.6) is 0 Å². The highest BCUT2D eigenvalue weighted by Crippen LogP contribution is 2.36. The fourth-order valence-electron chi connectivity index (χ4n) is 3.37. The SMILES string of the molecule is CC(C)(C)NC(=O)OC(C)(C)C1CCC(OCc2ccccc2)CC1. The van der Waals surface area contributed by atoms with Gasteiger partial charge in [0.2, 0.25) is 0 Å². The summed E-state index contributed by atoms with van der Waals surface area (Å²) in [6.07, 6.45) is 4.05. The molecule has 2 rings (SSSR count). The van der Waals surface area contributed by atoms with Gasteiger partial charge in [-0.15, -0.1) is 0 Å². The molecule has 4 heteroatoms. The van der Waals surface area contributed by atoms with Crippen molar-refractivity contribution in [3.8, 4) is 0 Å². The van der Waals surface area contributed by atoms with Gasteiger partial charge in [0.1, 0.15) is 5.60 Å². The zero-order valence-corrected chi connectivity index (χ0v) is 16.3. The first-order valence-electron chi connectivity index (χ1n) is 9.32. The van der Waals surface area contributed by atoms with Crippen LogP contribution in [0.25, 0.3) is 0 Å². The summed E-state index contributed by atoms with van der Waals surface area (Å²) in [5.41, 5.74) is 0.475. The van der Waals surface area contributed by atoms with E-state index in [4.69, 9.17) is 9.47 Å². The molecule has 1 N–H and O–H groups in total. The standard InChI is InChI=1S/C21H33NO3/c1-20(2,3)22-19(23)25-21(4,5)17-11-13-18(14-12-17)24-15-16-9-7-6-8-10-16/h6-10,17-18H,11-15H2,1-5H3,(H,22,23). The van der Waals surface area contributed by atoms with Crippen molar-refractivity contribution in [2.24, 2.45) is 5.92 Å². The van der Waals surface area contributed by atoms with E-state index in [-0.39, 0.29) is 11.6 Å². The molecule has 1 amide bonds. The van der Waals surface area contributed by atoms with Crippen molar-refractivity contribution in [1.29, 1.82) is 0 Å². The Labute approximate surface area is 152 Å². The zero-order chi connectivity index (χ0) is 18.5. The van der Waals surface area contributed by atoms with Crippen molar-refractivity contribution in [3.63, 3.8) is 0 Å². The third-order valence-electron chi connectivity index (χ3n) is 4.82. The lowest BCUT2D eigenvalue weighted by Gasteiger charge is -2.39. The van der Waals surface area contributed by atoms with Crippen molar-refractivity contribution in [2.45, 2.75) is 84.2 Å². The molecule has 1 aromatic rings. The first-order chi connectivity index (χ1) is 11.7. The van der Waals surface area contributed by atoms with E-state index in [0.29, 0.717) is 18.6 Å². The van der Waals surface area contributed by atoms with E-state index >= 15 is 0 Å². The number of carbonyl (C=O) groups excluding carboxylic acids is 1. The Kier molecular flexibility index (Phi) is 6.50. The molecule has 0 bridgehead atoms. The van der Waals surface area contributed by atoms with Crippen molar-refractivity contribution >= 4 is 6.09 Å². The third-order valence-corrected chi connectivity index (χ3v) is 4.82. The Morgan fingerprint density at radius 1 is 1.04 bits per heavy atom. The molecule has 0 atom stereocenters. The van der Waals surface area contributed by atoms with Crippen molar-refractivity contribution in [1.82, 2.24) is 5.32 Å². The monoisotopic (exact) mass is 347 g/mol. The summed E-state index contributed by atoms with van der Waals surface area (Å²) in [5.74, 6) is 0.370. The van der Waals surface area contributed by atoms with Crippen LogP contribution in [0.1, 0.15) is 65.9 Å². The van der Waals surface area contributed by atoms with Gasteiger partial charge in [-0.2, -0.15) is 0 Å². The van der Waals surface area contributed by atoms with Gasteiger partial charge in [0.05, 0.1) is 12.7 Å². The minimum atomic E-state index is -0.459. The van der Waals surface area contributed by atoms with Gasteiger partial charge in [0, 0.05) is 5.54 Å². The second-order valence-corrected chi connectivity index (χ2v) is 8.64. The number of hydrogen-bond acceptors (Lipinski definition) is 3. The number of ether oxygens (including phenoxy) is 2. The first kappa shape index (κ1) is 19.8. The quantitative estimate of drug-likeness (QED) is 0.809. The smallest absolute Gasteiger partial charge is 0.408 e. The van der Waals surface area contributed by atoms with Crippen molar-refractivity contribution < 1.29 is 14.3 Å². The fraction of sp³-hybridized carbons (Fsp3) is 0.667. The number of amides is 1.